The van der Waals surface area contributed by atoms with Crippen molar-refractivity contribution in [3.05, 3.63) is 76.9 Å². The van der Waals surface area contributed by atoms with Gasteiger partial charge >= 0.3 is 6.03 Å². The second-order valence-corrected chi connectivity index (χ2v) is 7.85. The number of aryl methyl sites for hydroxylation is 2. The fraction of sp³-hybridized carbons (Fsp3) is 0.208. The highest BCUT2D eigenvalue weighted by Gasteiger charge is 2.13. The minimum Gasteiger partial charge on any atom is -0.338 e. The van der Waals surface area contributed by atoms with E-state index >= 15 is 0 Å². The van der Waals surface area contributed by atoms with E-state index in [9.17, 15) is 4.79 Å². The van der Waals surface area contributed by atoms with Crippen LogP contribution in [0.5, 0.6) is 0 Å². The van der Waals surface area contributed by atoms with Gasteiger partial charge in [0.15, 0.2) is 5.65 Å². The van der Waals surface area contributed by atoms with Gasteiger partial charge in [-0.15, -0.1) is 0 Å². The number of urea groups is 1. The first-order valence-corrected chi connectivity index (χ1v) is 10.6. The van der Waals surface area contributed by atoms with E-state index in [-0.39, 0.29) is 6.03 Å². The summed E-state index contributed by atoms with van der Waals surface area (Å²) in [6.07, 6.45) is 2.52. The van der Waals surface area contributed by atoms with Crippen LogP contribution in [0.4, 0.5) is 10.5 Å². The second-order valence-electron chi connectivity index (χ2n) is 7.45. The number of anilines is 1. The Bertz CT molecular complexity index is 1220. The summed E-state index contributed by atoms with van der Waals surface area (Å²) in [6, 6.07) is 17.4. The maximum atomic E-state index is 12.3. The Kier molecular flexibility index (Phi) is 6.18. The van der Waals surface area contributed by atoms with E-state index < -0.39 is 0 Å². The van der Waals surface area contributed by atoms with E-state index in [2.05, 4.69) is 51.4 Å². The number of pyridine rings is 1. The number of hydrogen-bond donors (Lipinski definition) is 2. The Balaban J connectivity index is 1.43. The van der Waals surface area contributed by atoms with Crippen molar-refractivity contribution in [3.63, 3.8) is 0 Å². The standard InChI is InChI=1S/C24H24ClN5O/c1-16-9-11-18(12-10-16)22-28-21-8-4-13-26-23(21)30(22)15-5-14-27-24(31)29-20-7-3-6-19(25)17(20)2/h3-4,6-13H,5,14-15H2,1-2H3,(H2,27,29,31). The van der Waals surface area contributed by atoms with Crippen LogP contribution in [0.25, 0.3) is 22.6 Å². The fourth-order valence-electron chi connectivity index (χ4n) is 3.44. The number of hydrogen-bond acceptors (Lipinski definition) is 3. The summed E-state index contributed by atoms with van der Waals surface area (Å²) in [5.41, 5.74) is 5.51. The Morgan fingerprint density at radius 2 is 1.87 bits per heavy atom. The van der Waals surface area contributed by atoms with Crippen LogP contribution in [0.2, 0.25) is 5.02 Å². The molecule has 0 radical (unpaired) electrons. The molecular formula is C24H24ClN5O. The van der Waals surface area contributed by atoms with Crippen molar-refractivity contribution in [2.45, 2.75) is 26.8 Å². The van der Waals surface area contributed by atoms with Gasteiger partial charge in [-0.3, -0.25) is 0 Å². The number of carbonyl (C=O) groups is 1. The molecule has 31 heavy (non-hydrogen) atoms. The van der Waals surface area contributed by atoms with Crippen LogP contribution in [0.1, 0.15) is 17.5 Å². The van der Waals surface area contributed by atoms with Crippen molar-refractivity contribution >= 4 is 34.5 Å². The molecule has 4 aromatic rings. The first-order chi connectivity index (χ1) is 15.0. The van der Waals surface area contributed by atoms with E-state index in [4.69, 9.17) is 16.6 Å². The molecule has 0 fully saturated rings. The molecule has 0 atom stereocenters. The van der Waals surface area contributed by atoms with Gasteiger partial charge in [-0.05, 0) is 50.1 Å². The highest BCUT2D eigenvalue weighted by atomic mass is 35.5. The molecule has 2 N–H and O–H groups in total. The molecule has 0 aliphatic heterocycles. The number of carbonyl (C=O) groups excluding carboxylic acids is 1. The molecule has 4 rings (SSSR count). The number of rotatable bonds is 6. The third-order valence-corrected chi connectivity index (χ3v) is 5.58. The van der Waals surface area contributed by atoms with Crippen molar-refractivity contribution < 1.29 is 4.79 Å². The van der Waals surface area contributed by atoms with Gasteiger partial charge < -0.3 is 15.2 Å². The van der Waals surface area contributed by atoms with Crippen LogP contribution in [0.3, 0.4) is 0 Å². The smallest absolute Gasteiger partial charge is 0.319 e. The van der Waals surface area contributed by atoms with E-state index in [0.29, 0.717) is 23.8 Å². The summed E-state index contributed by atoms with van der Waals surface area (Å²) in [4.78, 5) is 21.6. The maximum absolute atomic E-state index is 12.3. The molecule has 0 unspecified atom stereocenters. The van der Waals surface area contributed by atoms with E-state index in [1.54, 1.807) is 12.3 Å². The average Bonchev–Trinajstić information content (AvgIpc) is 3.13. The highest BCUT2D eigenvalue weighted by Crippen LogP contribution is 2.25. The zero-order chi connectivity index (χ0) is 21.8. The number of aromatic nitrogens is 3. The maximum Gasteiger partial charge on any atom is 0.319 e. The fourth-order valence-corrected chi connectivity index (χ4v) is 3.62. The summed E-state index contributed by atoms with van der Waals surface area (Å²) in [7, 11) is 0. The first kappa shape index (κ1) is 20.9. The molecule has 158 valence electrons. The summed E-state index contributed by atoms with van der Waals surface area (Å²) >= 11 is 6.12. The molecule has 0 aliphatic rings. The Morgan fingerprint density at radius 1 is 1.06 bits per heavy atom. The monoisotopic (exact) mass is 433 g/mol. The number of nitrogens with one attached hydrogen (secondary N) is 2. The van der Waals surface area contributed by atoms with Crippen LogP contribution in [-0.2, 0) is 6.54 Å². The third-order valence-electron chi connectivity index (χ3n) is 5.17. The van der Waals surface area contributed by atoms with Gasteiger partial charge in [-0.2, -0.15) is 0 Å². The molecule has 2 amide bonds. The molecule has 0 saturated carbocycles. The Labute approximate surface area is 186 Å². The lowest BCUT2D eigenvalue weighted by atomic mass is 10.1. The van der Waals surface area contributed by atoms with Crippen molar-refractivity contribution in [1.29, 1.82) is 0 Å². The SMILES string of the molecule is Cc1ccc(-c2nc3cccnc3n2CCCNC(=O)Nc2cccc(Cl)c2C)cc1. The second kappa shape index (κ2) is 9.18. The van der Waals surface area contributed by atoms with E-state index in [1.165, 1.54) is 5.56 Å². The van der Waals surface area contributed by atoms with Crippen LogP contribution in [-0.4, -0.2) is 27.1 Å². The predicted octanol–water partition coefficient (Wildman–Crippen LogP) is 5.58. The number of amides is 2. The van der Waals surface area contributed by atoms with Gasteiger partial charge in [0.1, 0.15) is 11.3 Å². The van der Waals surface area contributed by atoms with Crippen molar-refractivity contribution in [3.8, 4) is 11.4 Å². The molecule has 6 nitrogen and oxygen atoms in total. The normalized spacial score (nSPS) is 10.9. The van der Waals surface area contributed by atoms with Crippen molar-refractivity contribution in [1.82, 2.24) is 19.9 Å². The number of benzene rings is 2. The van der Waals surface area contributed by atoms with Crippen LogP contribution < -0.4 is 10.6 Å². The Morgan fingerprint density at radius 3 is 2.68 bits per heavy atom. The van der Waals surface area contributed by atoms with Crippen LogP contribution >= 0.6 is 11.6 Å². The minimum atomic E-state index is -0.252. The number of halogens is 1. The van der Waals surface area contributed by atoms with Gasteiger partial charge in [0.05, 0.1) is 0 Å². The molecule has 2 aromatic heterocycles. The molecule has 2 heterocycles. The molecule has 2 aromatic carbocycles. The summed E-state index contributed by atoms with van der Waals surface area (Å²) in [6.45, 7) is 5.15. The summed E-state index contributed by atoms with van der Waals surface area (Å²) in [5.74, 6) is 0.882. The number of imidazole rings is 1. The first-order valence-electron chi connectivity index (χ1n) is 10.2. The van der Waals surface area contributed by atoms with Crippen LogP contribution in [0, 0.1) is 13.8 Å². The summed E-state index contributed by atoms with van der Waals surface area (Å²) < 4.78 is 2.11. The van der Waals surface area contributed by atoms with Crippen molar-refractivity contribution in [2.24, 2.45) is 0 Å². The van der Waals surface area contributed by atoms with E-state index in [0.717, 1.165) is 34.5 Å². The van der Waals surface area contributed by atoms with Crippen LogP contribution in [0.15, 0.2) is 60.8 Å². The van der Waals surface area contributed by atoms with Crippen molar-refractivity contribution in [2.75, 3.05) is 11.9 Å². The Hall–Kier alpha value is -3.38. The van der Waals surface area contributed by atoms with Gasteiger partial charge in [0.2, 0.25) is 0 Å². The van der Waals surface area contributed by atoms with Gasteiger partial charge in [0, 0.05) is 35.6 Å². The molecule has 0 saturated heterocycles. The molecule has 7 heteroatoms. The summed E-state index contributed by atoms with van der Waals surface area (Å²) in [5, 5.41) is 6.38. The predicted molar refractivity (Wildman–Crippen MR) is 126 cm³/mol. The lowest BCUT2D eigenvalue weighted by Gasteiger charge is -2.12. The third kappa shape index (κ3) is 4.70. The largest absolute Gasteiger partial charge is 0.338 e. The van der Waals surface area contributed by atoms with Gasteiger partial charge in [-0.25, -0.2) is 14.8 Å². The topological polar surface area (TPSA) is 71.8 Å². The van der Waals surface area contributed by atoms with Gasteiger partial charge in [-0.1, -0.05) is 47.5 Å². The molecule has 0 bridgehead atoms. The van der Waals surface area contributed by atoms with E-state index in [1.807, 2.05) is 31.2 Å². The van der Waals surface area contributed by atoms with Gasteiger partial charge in [0.25, 0.3) is 0 Å². The molecular weight excluding hydrogens is 410 g/mol. The lowest BCUT2D eigenvalue weighted by Crippen LogP contribution is -2.30. The highest BCUT2D eigenvalue weighted by molar-refractivity contribution is 6.31. The lowest BCUT2D eigenvalue weighted by molar-refractivity contribution is 0.252. The number of fused-ring (bicyclic) bond motifs is 1. The quantitative estimate of drug-likeness (QED) is 0.390. The minimum absolute atomic E-state index is 0.252. The average molecular weight is 434 g/mol. The molecule has 0 aliphatic carbocycles. The molecule has 0 spiro atoms. The number of nitrogens with zero attached hydrogens (tertiary/aromatic N) is 3. The zero-order valence-electron chi connectivity index (χ0n) is 17.5. The zero-order valence-corrected chi connectivity index (χ0v) is 18.3.